The van der Waals surface area contributed by atoms with Crippen molar-refractivity contribution in [1.29, 1.82) is 0 Å². The van der Waals surface area contributed by atoms with Crippen molar-refractivity contribution < 1.29 is 33.3 Å². The SMILES string of the molecule is CCCCCC(CCCCC)CC(=O)OCCCCCCCCCC(CCCCCCCCCOC(=O)CC(CCCCC)CCCCC)C(=O)OCCCN1CCOCC1. The first-order valence-electron chi connectivity index (χ1n) is 26.7. The van der Waals surface area contributed by atoms with E-state index in [-0.39, 0.29) is 23.8 Å². The van der Waals surface area contributed by atoms with E-state index in [2.05, 4.69) is 32.6 Å². The molecule has 1 rings (SSSR count). The standard InChI is InChI=1S/C53H101NO7/c1-5-9-23-32-48(33-24-10-6-2)46-51(55)59-41-29-21-17-13-15-19-27-36-50(53(57)61-43-31-38-54-39-44-58-45-40-54)37-28-20-16-14-18-22-30-42-60-52(56)47-49(34-25-11-7-3)35-26-12-8-4/h48-50H,5-47H2,1-4H3. The molecular formula is C53H101NO7. The van der Waals surface area contributed by atoms with Crippen LogP contribution in [0.2, 0.25) is 0 Å². The minimum atomic E-state index is 0.00327. The summed E-state index contributed by atoms with van der Waals surface area (Å²) >= 11 is 0. The van der Waals surface area contributed by atoms with Crippen LogP contribution in [0.25, 0.3) is 0 Å². The molecule has 0 aliphatic carbocycles. The highest BCUT2D eigenvalue weighted by atomic mass is 16.5. The summed E-state index contributed by atoms with van der Waals surface area (Å²) in [4.78, 5) is 40.7. The Bertz CT molecular complexity index is 908. The summed E-state index contributed by atoms with van der Waals surface area (Å²) in [6.07, 6.45) is 39.1. The molecule has 360 valence electrons. The summed E-state index contributed by atoms with van der Waals surface area (Å²) in [6.45, 7) is 15.1. The van der Waals surface area contributed by atoms with E-state index in [4.69, 9.17) is 18.9 Å². The predicted molar refractivity (Wildman–Crippen MR) is 255 cm³/mol. The Morgan fingerprint density at radius 2 is 0.770 bits per heavy atom. The molecule has 0 atom stereocenters. The number of hydrogen-bond acceptors (Lipinski definition) is 8. The number of morpholine rings is 1. The lowest BCUT2D eigenvalue weighted by atomic mass is 9.92. The van der Waals surface area contributed by atoms with Crippen molar-refractivity contribution >= 4 is 17.9 Å². The zero-order valence-electron chi connectivity index (χ0n) is 40.9. The van der Waals surface area contributed by atoms with Crippen LogP contribution in [0.3, 0.4) is 0 Å². The number of rotatable bonds is 45. The van der Waals surface area contributed by atoms with Crippen LogP contribution in [-0.4, -0.2) is 75.5 Å². The summed E-state index contributed by atoms with van der Waals surface area (Å²) in [5.41, 5.74) is 0. The second-order valence-electron chi connectivity index (χ2n) is 18.8. The molecule has 0 aromatic heterocycles. The molecule has 0 N–H and O–H groups in total. The van der Waals surface area contributed by atoms with E-state index in [0.29, 0.717) is 44.5 Å². The zero-order valence-corrected chi connectivity index (χ0v) is 40.9. The van der Waals surface area contributed by atoms with E-state index in [1.165, 1.54) is 116 Å². The van der Waals surface area contributed by atoms with Crippen LogP contribution in [-0.2, 0) is 33.3 Å². The molecule has 0 bridgehead atoms. The van der Waals surface area contributed by atoms with Gasteiger partial charge in [-0.1, -0.05) is 182 Å². The molecular weight excluding hydrogens is 763 g/mol. The van der Waals surface area contributed by atoms with Gasteiger partial charge in [0.05, 0.1) is 39.0 Å². The van der Waals surface area contributed by atoms with Gasteiger partial charge in [0.25, 0.3) is 0 Å². The number of nitrogens with zero attached hydrogens (tertiary/aromatic N) is 1. The fourth-order valence-electron chi connectivity index (χ4n) is 8.93. The molecule has 0 radical (unpaired) electrons. The lowest BCUT2D eigenvalue weighted by Gasteiger charge is -2.26. The minimum Gasteiger partial charge on any atom is -0.466 e. The van der Waals surface area contributed by atoms with Gasteiger partial charge >= 0.3 is 17.9 Å². The van der Waals surface area contributed by atoms with Crippen LogP contribution in [0.1, 0.15) is 252 Å². The van der Waals surface area contributed by atoms with Gasteiger partial charge in [-0.25, -0.2) is 0 Å². The molecule has 0 aromatic carbocycles. The van der Waals surface area contributed by atoms with E-state index in [9.17, 15) is 14.4 Å². The molecule has 1 heterocycles. The van der Waals surface area contributed by atoms with Gasteiger partial charge in [0.2, 0.25) is 0 Å². The highest BCUT2D eigenvalue weighted by Gasteiger charge is 2.20. The van der Waals surface area contributed by atoms with Crippen LogP contribution in [0, 0.1) is 17.8 Å². The van der Waals surface area contributed by atoms with E-state index in [0.717, 1.165) is 129 Å². The molecule has 0 unspecified atom stereocenters. The lowest BCUT2D eigenvalue weighted by molar-refractivity contribution is -0.149. The Kier molecular flexibility index (Phi) is 41.0. The number of unbranched alkanes of at least 4 members (excludes halogenated alkanes) is 20. The topological polar surface area (TPSA) is 91.4 Å². The van der Waals surface area contributed by atoms with Crippen molar-refractivity contribution in [2.45, 2.75) is 252 Å². The van der Waals surface area contributed by atoms with E-state index in [1.54, 1.807) is 0 Å². The maximum atomic E-state index is 13.2. The number of esters is 3. The van der Waals surface area contributed by atoms with Crippen LogP contribution < -0.4 is 0 Å². The average Bonchev–Trinajstić information content (AvgIpc) is 3.26. The Labute approximate surface area is 377 Å². The predicted octanol–water partition coefficient (Wildman–Crippen LogP) is 14.5. The fourth-order valence-corrected chi connectivity index (χ4v) is 8.93. The third-order valence-corrected chi connectivity index (χ3v) is 13.0. The third-order valence-electron chi connectivity index (χ3n) is 13.0. The first-order valence-corrected chi connectivity index (χ1v) is 26.7. The van der Waals surface area contributed by atoms with Gasteiger partial charge in [-0.3, -0.25) is 19.3 Å². The second kappa shape index (κ2) is 43.6. The Hall–Kier alpha value is -1.67. The summed E-state index contributed by atoms with van der Waals surface area (Å²) < 4.78 is 22.6. The van der Waals surface area contributed by atoms with Crippen molar-refractivity contribution in [3.8, 4) is 0 Å². The molecule has 0 saturated carbocycles. The molecule has 0 amide bonds. The summed E-state index contributed by atoms with van der Waals surface area (Å²) in [5, 5.41) is 0. The summed E-state index contributed by atoms with van der Waals surface area (Å²) in [7, 11) is 0. The van der Waals surface area contributed by atoms with Gasteiger partial charge in [-0.05, 0) is 69.6 Å². The normalized spacial score (nSPS) is 13.4. The van der Waals surface area contributed by atoms with Gasteiger partial charge in [-0.2, -0.15) is 0 Å². The molecule has 1 fully saturated rings. The van der Waals surface area contributed by atoms with E-state index < -0.39 is 0 Å². The largest absolute Gasteiger partial charge is 0.466 e. The van der Waals surface area contributed by atoms with Gasteiger partial charge < -0.3 is 18.9 Å². The van der Waals surface area contributed by atoms with Gasteiger partial charge in [0.15, 0.2) is 0 Å². The molecule has 8 heteroatoms. The molecule has 1 saturated heterocycles. The smallest absolute Gasteiger partial charge is 0.308 e. The number of ether oxygens (including phenoxy) is 4. The van der Waals surface area contributed by atoms with Crippen molar-refractivity contribution in [2.75, 3.05) is 52.7 Å². The van der Waals surface area contributed by atoms with Crippen molar-refractivity contribution in [2.24, 2.45) is 17.8 Å². The molecule has 1 aliphatic heterocycles. The molecule has 8 nitrogen and oxygen atoms in total. The number of carbonyl (C=O) groups is 3. The Morgan fingerprint density at radius 1 is 0.426 bits per heavy atom. The monoisotopic (exact) mass is 864 g/mol. The Balaban J connectivity index is 2.28. The zero-order chi connectivity index (χ0) is 44.3. The first kappa shape index (κ1) is 57.3. The van der Waals surface area contributed by atoms with Crippen LogP contribution in [0.4, 0.5) is 0 Å². The highest BCUT2D eigenvalue weighted by molar-refractivity contribution is 5.72. The maximum absolute atomic E-state index is 13.2. The molecule has 61 heavy (non-hydrogen) atoms. The average molecular weight is 864 g/mol. The maximum Gasteiger partial charge on any atom is 0.308 e. The fraction of sp³-hybridized carbons (Fsp3) is 0.943. The highest BCUT2D eigenvalue weighted by Crippen LogP contribution is 2.24. The van der Waals surface area contributed by atoms with E-state index in [1.807, 2.05) is 0 Å². The van der Waals surface area contributed by atoms with E-state index >= 15 is 0 Å². The number of hydrogen-bond donors (Lipinski definition) is 0. The third kappa shape index (κ3) is 36.4. The minimum absolute atomic E-state index is 0.00327. The quantitative estimate of drug-likeness (QED) is 0.0340. The van der Waals surface area contributed by atoms with Crippen LogP contribution in [0.5, 0.6) is 0 Å². The van der Waals surface area contributed by atoms with Crippen molar-refractivity contribution in [3.63, 3.8) is 0 Å². The Morgan fingerprint density at radius 3 is 1.16 bits per heavy atom. The second-order valence-corrected chi connectivity index (χ2v) is 18.8. The van der Waals surface area contributed by atoms with Gasteiger partial charge in [-0.15, -0.1) is 0 Å². The van der Waals surface area contributed by atoms with Crippen LogP contribution in [0.15, 0.2) is 0 Å². The van der Waals surface area contributed by atoms with Crippen LogP contribution >= 0.6 is 0 Å². The summed E-state index contributed by atoms with van der Waals surface area (Å²) in [5.74, 6) is 0.993. The first-order chi connectivity index (χ1) is 29.9. The van der Waals surface area contributed by atoms with Gasteiger partial charge in [0, 0.05) is 32.5 Å². The summed E-state index contributed by atoms with van der Waals surface area (Å²) in [6, 6.07) is 0. The lowest BCUT2D eigenvalue weighted by Crippen LogP contribution is -2.37. The van der Waals surface area contributed by atoms with Gasteiger partial charge in [0.1, 0.15) is 0 Å². The molecule has 1 aliphatic rings. The number of carbonyl (C=O) groups excluding carboxylic acids is 3. The van der Waals surface area contributed by atoms with Crippen molar-refractivity contribution in [1.82, 2.24) is 4.90 Å². The molecule has 0 aromatic rings. The molecule has 0 spiro atoms. The van der Waals surface area contributed by atoms with Crippen molar-refractivity contribution in [3.05, 3.63) is 0 Å².